The number of carbonyl (C=O) groups excluding carboxylic acids is 1. The molecule has 0 fully saturated rings. The van der Waals surface area contributed by atoms with Crippen LogP contribution in [0, 0.1) is 5.41 Å². The van der Waals surface area contributed by atoms with Crippen LogP contribution < -0.4 is 16.0 Å². The number of carbonyl (C=O) groups is 1. The third-order valence-corrected chi connectivity index (χ3v) is 5.47. The number of nitrogens with one attached hydrogen (secondary N) is 3. The van der Waals surface area contributed by atoms with Crippen molar-refractivity contribution < 1.29 is 4.79 Å². The molecule has 0 saturated carbocycles. The number of amides is 1. The number of hydrogen-bond donors (Lipinski definition) is 3. The van der Waals surface area contributed by atoms with Crippen molar-refractivity contribution in [3.05, 3.63) is 63.7 Å². The largest absolute Gasteiger partial charge is 0.380 e. The first-order valence-electron chi connectivity index (χ1n) is 10.4. The second-order valence-electron chi connectivity index (χ2n) is 8.99. The molecule has 2 aromatic carbocycles. The lowest BCUT2D eigenvalue weighted by molar-refractivity contribution is -0.120. The standard InChI is InChI=1S/C24H32ClN3O/c1-24(2,3)16-28-22(29)14-17-4-6-18(7-5-17)15-27-23-20-11-13-26-12-10-19(20)8-9-21(23)25/h4-9,26-27H,10-16H2,1-3H3,(H,28,29). The van der Waals surface area contributed by atoms with Crippen molar-refractivity contribution in [2.75, 3.05) is 25.0 Å². The van der Waals surface area contributed by atoms with Crippen molar-refractivity contribution in [2.45, 2.75) is 46.6 Å². The van der Waals surface area contributed by atoms with E-state index in [2.05, 4.69) is 54.9 Å². The number of rotatable bonds is 6. The molecule has 0 saturated heterocycles. The molecule has 5 heteroatoms. The second kappa shape index (κ2) is 9.64. The maximum Gasteiger partial charge on any atom is 0.224 e. The van der Waals surface area contributed by atoms with E-state index in [-0.39, 0.29) is 11.3 Å². The lowest BCUT2D eigenvalue weighted by Gasteiger charge is -2.18. The van der Waals surface area contributed by atoms with Gasteiger partial charge in [0.1, 0.15) is 0 Å². The molecule has 0 bridgehead atoms. The molecule has 156 valence electrons. The Hall–Kier alpha value is -2.04. The van der Waals surface area contributed by atoms with Crippen molar-refractivity contribution in [1.82, 2.24) is 10.6 Å². The molecule has 1 aliphatic rings. The molecule has 0 aliphatic carbocycles. The minimum absolute atomic E-state index is 0.0677. The number of hydrogen-bond acceptors (Lipinski definition) is 3. The molecule has 3 rings (SSSR count). The smallest absolute Gasteiger partial charge is 0.224 e. The topological polar surface area (TPSA) is 53.2 Å². The lowest BCUT2D eigenvalue weighted by Crippen LogP contribution is -2.33. The minimum atomic E-state index is 0.0677. The first-order chi connectivity index (χ1) is 13.8. The Bertz CT molecular complexity index is 840. The maximum atomic E-state index is 12.1. The summed E-state index contributed by atoms with van der Waals surface area (Å²) in [6.07, 6.45) is 2.43. The van der Waals surface area contributed by atoms with Crippen LogP contribution in [-0.2, 0) is 30.6 Å². The number of fused-ring (bicyclic) bond motifs is 1. The Balaban J connectivity index is 1.59. The van der Waals surface area contributed by atoms with Gasteiger partial charge in [0, 0.05) is 13.1 Å². The highest BCUT2D eigenvalue weighted by Gasteiger charge is 2.15. The molecule has 0 unspecified atom stereocenters. The maximum absolute atomic E-state index is 12.1. The minimum Gasteiger partial charge on any atom is -0.380 e. The molecule has 1 amide bonds. The fourth-order valence-electron chi connectivity index (χ4n) is 3.51. The van der Waals surface area contributed by atoms with Gasteiger partial charge in [-0.15, -0.1) is 0 Å². The summed E-state index contributed by atoms with van der Waals surface area (Å²) in [5, 5.41) is 10.8. The van der Waals surface area contributed by atoms with Crippen LogP contribution in [0.3, 0.4) is 0 Å². The van der Waals surface area contributed by atoms with E-state index >= 15 is 0 Å². The quantitative estimate of drug-likeness (QED) is 0.660. The first-order valence-corrected chi connectivity index (χ1v) is 10.8. The van der Waals surface area contributed by atoms with E-state index in [1.807, 2.05) is 18.2 Å². The van der Waals surface area contributed by atoms with Crippen LogP contribution in [0.15, 0.2) is 36.4 Å². The van der Waals surface area contributed by atoms with Crippen LogP contribution >= 0.6 is 11.6 Å². The van der Waals surface area contributed by atoms with Crippen molar-refractivity contribution in [2.24, 2.45) is 5.41 Å². The van der Waals surface area contributed by atoms with Gasteiger partial charge in [0.25, 0.3) is 0 Å². The van der Waals surface area contributed by atoms with Crippen LogP contribution in [0.1, 0.15) is 43.0 Å². The first kappa shape index (κ1) is 21.7. The zero-order chi connectivity index (χ0) is 20.9. The number of anilines is 1. The van der Waals surface area contributed by atoms with Crippen LogP contribution in [0.5, 0.6) is 0 Å². The predicted octanol–water partition coefficient (Wildman–Crippen LogP) is 4.35. The monoisotopic (exact) mass is 413 g/mol. The summed E-state index contributed by atoms with van der Waals surface area (Å²) in [6, 6.07) is 12.4. The fourth-order valence-corrected chi connectivity index (χ4v) is 3.76. The molecule has 3 N–H and O–H groups in total. The van der Waals surface area contributed by atoms with Gasteiger partial charge in [-0.2, -0.15) is 0 Å². The molecule has 0 atom stereocenters. The summed E-state index contributed by atoms with van der Waals surface area (Å²) in [7, 11) is 0. The summed E-state index contributed by atoms with van der Waals surface area (Å²) in [5.74, 6) is 0.0677. The Morgan fingerprint density at radius 2 is 1.72 bits per heavy atom. The zero-order valence-corrected chi connectivity index (χ0v) is 18.5. The highest BCUT2D eigenvalue weighted by molar-refractivity contribution is 6.33. The van der Waals surface area contributed by atoms with Gasteiger partial charge in [0.15, 0.2) is 0 Å². The molecule has 29 heavy (non-hydrogen) atoms. The van der Waals surface area contributed by atoms with Crippen molar-refractivity contribution in [3.63, 3.8) is 0 Å². The zero-order valence-electron chi connectivity index (χ0n) is 17.7. The van der Waals surface area contributed by atoms with Gasteiger partial charge >= 0.3 is 0 Å². The summed E-state index contributed by atoms with van der Waals surface area (Å²) >= 11 is 6.50. The summed E-state index contributed by atoms with van der Waals surface area (Å²) < 4.78 is 0. The number of halogens is 1. The summed E-state index contributed by atoms with van der Waals surface area (Å²) in [4.78, 5) is 12.1. The van der Waals surface area contributed by atoms with Gasteiger partial charge in [-0.25, -0.2) is 0 Å². The Kier molecular flexibility index (Phi) is 7.20. The van der Waals surface area contributed by atoms with E-state index in [4.69, 9.17) is 11.6 Å². The van der Waals surface area contributed by atoms with Gasteiger partial charge in [-0.1, -0.05) is 62.7 Å². The average Bonchev–Trinajstić information content (AvgIpc) is 2.92. The molecule has 2 aromatic rings. The molecular weight excluding hydrogens is 382 g/mol. The normalized spacial score (nSPS) is 14.1. The highest BCUT2D eigenvalue weighted by Crippen LogP contribution is 2.31. The molecule has 0 radical (unpaired) electrons. The van der Waals surface area contributed by atoms with Gasteiger partial charge in [-0.3, -0.25) is 4.79 Å². The number of benzene rings is 2. The average molecular weight is 414 g/mol. The predicted molar refractivity (Wildman–Crippen MR) is 122 cm³/mol. The van der Waals surface area contributed by atoms with Crippen LogP contribution in [0.4, 0.5) is 5.69 Å². The molecule has 1 aliphatic heterocycles. The van der Waals surface area contributed by atoms with Crippen LogP contribution in [0.2, 0.25) is 5.02 Å². The van der Waals surface area contributed by atoms with Gasteiger partial charge in [0.05, 0.1) is 17.1 Å². The SMILES string of the molecule is CC(C)(C)CNC(=O)Cc1ccc(CNc2c(Cl)ccc3c2CCNCC3)cc1. The van der Waals surface area contributed by atoms with Crippen molar-refractivity contribution in [1.29, 1.82) is 0 Å². The van der Waals surface area contributed by atoms with E-state index < -0.39 is 0 Å². The Labute approximate surface area is 179 Å². The molecular formula is C24H32ClN3O. The van der Waals surface area contributed by atoms with Crippen molar-refractivity contribution in [3.8, 4) is 0 Å². The van der Waals surface area contributed by atoms with E-state index in [1.54, 1.807) is 0 Å². The van der Waals surface area contributed by atoms with Crippen LogP contribution in [0.25, 0.3) is 0 Å². The molecule has 0 spiro atoms. The van der Waals surface area contributed by atoms with Crippen LogP contribution in [-0.4, -0.2) is 25.5 Å². The molecule has 4 nitrogen and oxygen atoms in total. The highest BCUT2D eigenvalue weighted by atomic mass is 35.5. The summed E-state index contributed by atoms with van der Waals surface area (Å²) in [6.45, 7) is 9.73. The third kappa shape index (κ3) is 6.48. The van der Waals surface area contributed by atoms with E-state index in [0.717, 1.165) is 42.2 Å². The second-order valence-corrected chi connectivity index (χ2v) is 9.40. The van der Waals surface area contributed by atoms with Gasteiger partial charge < -0.3 is 16.0 Å². The molecule has 0 aromatic heterocycles. The fraction of sp³-hybridized carbons (Fsp3) is 0.458. The van der Waals surface area contributed by atoms with E-state index in [0.29, 0.717) is 19.5 Å². The Morgan fingerprint density at radius 3 is 2.45 bits per heavy atom. The van der Waals surface area contributed by atoms with Gasteiger partial charge in [0.2, 0.25) is 5.91 Å². The Morgan fingerprint density at radius 1 is 1.03 bits per heavy atom. The lowest BCUT2D eigenvalue weighted by atomic mass is 9.97. The van der Waals surface area contributed by atoms with E-state index in [1.165, 1.54) is 16.7 Å². The summed E-state index contributed by atoms with van der Waals surface area (Å²) in [5.41, 5.74) is 6.05. The van der Waals surface area contributed by atoms with Crippen molar-refractivity contribution >= 4 is 23.2 Å². The van der Waals surface area contributed by atoms with E-state index in [9.17, 15) is 4.79 Å². The third-order valence-electron chi connectivity index (χ3n) is 5.15. The van der Waals surface area contributed by atoms with Gasteiger partial charge in [-0.05, 0) is 59.7 Å². The molecule has 1 heterocycles.